The summed E-state index contributed by atoms with van der Waals surface area (Å²) < 4.78 is 0. The Labute approximate surface area is 114 Å². The predicted molar refractivity (Wildman–Crippen MR) is 74.6 cm³/mol. The van der Waals surface area contributed by atoms with Crippen molar-refractivity contribution in [3.63, 3.8) is 0 Å². The molecule has 5 nitrogen and oxygen atoms in total. The van der Waals surface area contributed by atoms with Gasteiger partial charge >= 0.3 is 0 Å². The first-order valence-corrected chi connectivity index (χ1v) is 6.60. The first kappa shape index (κ1) is 14.0. The third-order valence-electron chi connectivity index (χ3n) is 3.56. The van der Waals surface area contributed by atoms with Gasteiger partial charge in [-0.3, -0.25) is 14.7 Å². The van der Waals surface area contributed by atoms with Crippen molar-refractivity contribution in [3.8, 4) is 0 Å². The Bertz CT molecular complexity index is 421. The van der Waals surface area contributed by atoms with Gasteiger partial charge < -0.3 is 9.80 Å². The number of piperazine rings is 1. The predicted octanol–water partition coefficient (Wildman–Crippen LogP) is 0.286. The second-order valence-corrected chi connectivity index (χ2v) is 5.34. The highest BCUT2D eigenvalue weighted by molar-refractivity contribution is 5.81. The van der Waals surface area contributed by atoms with Crippen LogP contribution >= 0.6 is 0 Å². The maximum atomic E-state index is 12.3. The van der Waals surface area contributed by atoms with Crippen LogP contribution in [0.3, 0.4) is 0 Å². The van der Waals surface area contributed by atoms with Crippen molar-refractivity contribution in [2.24, 2.45) is 0 Å². The SMILES string of the molecule is CN1CCN(Cc2ccncc2)C(C(=O)N(C)C)C1. The van der Waals surface area contributed by atoms with Gasteiger partial charge in [-0.1, -0.05) is 0 Å². The van der Waals surface area contributed by atoms with Crippen molar-refractivity contribution < 1.29 is 4.79 Å². The van der Waals surface area contributed by atoms with Crippen LogP contribution in [0.5, 0.6) is 0 Å². The monoisotopic (exact) mass is 262 g/mol. The van der Waals surface area contributed by atoms with E-state index in [2.05, 4.69) is 21.8 Å². The Morgan fingerprint density at radius 1 is 1.37 bits per heavy atom. The minimum absolute atomic E-state index is 0.0538. The van der Waals surface area contributed by atoms with Crippen molar-refractivity contribution in [3.05, 3.63) is 30.1 Å². The zero-order chi connectivity index (χ0) is 13.8. The molecule has 0 aromatic carbocycles. The molecule has 0 aliphatic carbocycles. The quantitative estimate of drug-likeness (QED) is 0.785. The van der Waals surface area contributed by atoms with Crippen LogP contribution < -0.4 is 0 Å². The van der Waals surface area contributed by atoms with Gasteiger partial charge in [0.05, 0.1) is 0 Å². The van der Waals surface area contributed by atoms with Crippen molar-refractivity contribution in [1.82, 2.24) is 19.7 Å². The number of likely N-dealkylation sites (N-methyl/N-ethyl adjacent to an activating group) is 2. The Kier molecular flexibility index (Phi) is 4.50. The van der Waals surface area contributed by atoms with Gasteiger partial charge in [0.15, 0.2) is 0 Å². The fourth-order valence-electron chi connectivity index (χ4n) is 2.40. The first-order valence-electron chi connectivity index (χ1n) is 6.60. The smallest absolute Gasteiger partial charge is 0.240 e. The van der Waals surface area contributed by atoms with E-state index in [0.29, 0.717) is 0 Å². The second-order valence-electron chi connectivity index (χ2n) is 5.34. The molecule has 1 saturated heterocycles. The van der Waals surface area contributed by atoms with Crippen LogP contribution in [0, 0.1) is 0 Å². The van der Waals surface area contributed by atoms with E-state index in [4.69, 9.17) is 0 Å². The molecule has 1 aliphatic rings. The molecular weight excluding hydrogens is 240 g/mol. The lowest BCUT2D eigenvalue weighted by Crippen LogP contribution is -2.57. The van der Waals surface area contributed by atoms with Gasteiger partial charge in [0.2, 0.25) is 5.91 Å². The van der Waals surface area contributed by atoms with Gasteiger partial charge in [-0.15, -0.1) is 0 Å². The van der Waals surface area contributed by atoms with E-state index in [0.717, 1.165) is 26.2 Å². The summed E-state index contributed by atoms with van der Waals surface area (Å²) in [5.74, 6) is 0.181. The Balaban J connectivity index is 2.10. The summed E-state index contributed by atoms with van der Waals surface area (Å²) in [5.41, 5.74) is 1.20. The summed E-state index contributed by atoms with van der Waals surface area (Å²) >= 11 is 0. The molecule has 5 heteroatoms. The van der Waals surface area contributed by atoms with E-state index in [-0.39, 0.29) is 11.9 Å². The van der Waals surface area contributed by atoms with Gasteiger partial charge in [0.25, 0.3) is 0 Å². The van der Waals surface area contributed by atoms with Gasteiger partial charge in [0.1, 0.15) is 6.04 Å². The molecule has 0 bridgehead atoms. The van der Waals surface area contributed by atoms with E-state index >= 15 is 0 Å². The molecule has 2 heterocycles. The molecule has 19 heavy (non-hydrogen) atoms. The number of hydrogen-bond donors (Lipinski definition) is 0. The molecule has 0 radical (unpaired) electrons. The molecule has 0 saturated carbocycles. The summed E-state index contributed by atoms with van der Waals surface area (Å²) in [6.07, 6.45) is 3.60. The van der Waals surface area contributed by atoms with Crippen LogP contribution in [0.25, 0.3) is 0 Å². The highest BCUT2D eigenvalue weighted by Crippen LogP contribution is 2.14. The fraction of sp³-hybridized carbons (Fsp3) is 0.571. The number of carbonyl (C=O) groups excluding carboxylic acids is 1. The molecule has 104 valence electrons. The zero-order valence-electron chi connectivity index (χ0n) is 11.9. The minimum Gasteiger partial charge on any atom is -0.347 e. The average Bonchev–Trinajstić information content (AvgIpc) is 2.41. The average molecular weight is 262 g/mol. The van der Waals surface area contributed by atoms with Gasteiger partial charge in [-0.25, -0.2) is 0 Å². The number of rotatable bonds is 3. The van der Waals surface area contributed by atoms with Crippen molar-refractivity contribution in [2.45, 2.75) is 12.6 Å². The zero-order valence-corrected chi connectivity index (χ0v) is 11.9. The number of hydrogen-bond acceptors (Lipinski definition) is 4. The van der Waals surface area contributed by atoms with Crippen LogP contribution in [-0.2, 0) is 11.3 Å². The largest absolute Gasteiger partial charge is 0.347 e. The van der Waals surface area contributed by atoms with Gasteiger partial charge in [-0.2, -0.15) is 0 Å². The van der Waals surface area contributed by atoms with Crippen LogP contribution in [-0.4, -0.2) is 72.4 Å². The second kappa shape index (κ2) is 6.12. The first-order chi connectivity index (χ1) is 9.08. The summed E-state index contributed by atoms with van der Waals surface area (Å²) in [5, 5.41) is 0. The van der Waals surface area contributed by atoms with Crippen LogP contribution in [0.1, 0.15) is 5.56 Å². The molecule has 1 unspecified atom stereocenters. The van der Waals surface area contributed by atoms with E-state index in [1.54, 1.807) is 17.3 Å². The molecule has 2 rings (SSSR count). The third-order valence-corrected chi connectivity index (χ3v) is 3.56. The van der Waals surface area contributed by atoms with Gasteiger partial charge in [-0.05, 0) is 24.7 Å². The Morgan fingerprint density at radius 2 is 2.05 bits per heavy atom. The number of amides is 1. The highest BCUT2D eigenvalue weighted by atomic mass is 16.2. The molecular formula is C14H22N4O. The number of nitrogens with zero attached hydrogens (tertiary/aromatic N) is 4. The number of carbonyl (C=O) groups is 1. The van der Waals surface area contributed by atoms with Crippen molar-refractivity contribution in [1.29, 1.82) is 0 Å². The Morgan fingerprint density at radius 3 is 2.68 bits per heavy atom. The lowest BCUT2D eigenvalue weighted by Gasteiger charge is -2.40. The lowest BCUT2D eigenvalue weighted by molar-refractivity contribution is -0.137. The maximum absolute atomic E-state index is 12.3. The van der Waals surface area contributed by atoms with Crippen LogP contribution in [0.4, 0.5) is 0 Å². The van der Waals surface area contributed by atoms with Crippen LogP contribution in [0.15, 0.2) is 24.5 Å². The highest BCUT2D eigenvalue weighted by Gasteiger charge is 2.31. The minimum atomic E-state index is -0.0538. The molecule has 0 spiro atoms. The molecule has 1 aromatic rings. The molecule has 1 atom stereocenters. The standard InChI is InChI=1S/C14H22N4O/c1-16(2)14(19)13-11-17(3)8-9-18(13)10-12-4-6-15-7-5-12/h4-7,13H,8-11H2,1-3H3. The molecule has 0 N–H and O–H groups in total. The van der Waals surface area contributed by atoms with Crippen LogP contribution in [0.2, 0.25) is 0 Å². The van der Waals surface area contributed by atoms with E-state index in [1.807, 2.05) is 26.2 Å². The normalized spacial score (nSPS) is 21.3. The summed E-state index contributed by atoms with van der Waals surface area (Å²) in [6.45, 7) is 3.52. The summed E-state index contributed by atoms with van der Waals surface area (Å²) in [7, 11) is 5.71. The third kappa shape index (κ3) is 3.52. The van der Waals surface area contributed by atoms with E-state index < -0.39 is 0 Å². The van der Waals surface area contributed by atoms with E-state index in [9.17, 15) is 4.79 Å². The Hall–Kier alpha value is -1.46. The maximum Gasteiger partial charge on any atom is 0.240 e. The van der Waals surface area contributed by atoms with E-state index in [1.165, 1.54) is 5.56 Å². The van der Waals surface area contributed by atoms with Crippen molar-refractivity contribution >= 4 is 5.91 Å². The van der Waals surface area contributed by atoms with Crippen molar-refractivity contribution in [2.75, 3.05) is 40.8 Å². The summed E-state index contributed by atoms with van der Waals surface area (Å²) in [4.78, 5) is 22.5. The molecule has 1 amide bonds. The number of pyridine rings is 1. The summed E-state index contributed by atoms with van der Waals surface area (Å²) in [6, 6.07) is 3.97. The number of aromatic nitrogens is 1. The lowest BCUT2D eigenvalue weighted by atomic mass is 10.1. The molecule has 1 aromatic heterocycles. The molecule has 1 aliphatic heterocycles. The topological polar surface area (TPSA) is 39.7 Å². The molecule has 1 fully saturated rings. The fourth-order valence-corrected chi connectivity index (χ4v) is 2.40. The van der Waals surface area contributed by atoms with Gasteiger partial charge in [0, 0.05) is 52.7 Å².